The molecule has 1 fully saturated rings. The van der Waals surface area contributed by atoms with Gasteiger partial charge in [0.15, 0.2) is 0 Å². The molecule has 1 atom stereocenters. The lowest BCUT2D eigenvalue weighted by molar-refractivity contribution is -0.122. The first-order valence-corrected chi connectivity index (χ1v) is 13.4. The van der Waals surface area contributed by atoms with Crippen molar-refractivity contribution in [1.82, 2.24) is 9.62 Å². The van der Waals surface area contributed by atoms with Crippen LogP contribution in [0, 0.1) is 0 Å². The number of ether oxygens (including phenoxy) is 2. The number of hydrogen-bond acceptors (Lipinski definition) is 5. The van der Waals surface area contributed by atoms with Gasteiger partial charge in [0.2, 0.25) is 15.9 Å². The molecule has 1 saturated heterocycles. The van der Waals surface area contributed by atoms with Gasteiger partial charge in [-0.25, -0.2) is 8.42 Å². The van der Waals surface area contributed by atoms with Crippen LogP contribution in [0.1, 0.15) is 63.1 Å². The Morgan fingerprint density at radius 3 is 2.62 bits per heavy atom. The van der Waals surface area contributed by atoms with Crippen LogP contribution in [0.2, 0.25) is 0 Å². The molecule has 34 heavy (non-hydrogen) atoms. The van der Waals surface area contributed by atoms with Crippen LogP contribution in [0.15, 0.2) is 47.4 Å². The SMILES string of the molecule is COc1ccc(S(=O)(=O)N2CCCCC2)cc1CCC(=O)N[C@@H]1CC(C)(C)Oc2ccccc21. The number of carbonyl (C=O) groups is 1. The van der Waals surface area contributed by atoms with Crippen LogP contribution >= 0.6 is 0 Å². The Bertz CT molecular complexity index is 1140. The molecule has 8 heteroatoms. The molecule has 7 nitrogen and oxygen atoms in total. The number of aryl methyl sites for hydroxylation is 1. The lowest BCUT2D eigenvalue weighted by atomic mass is 9.89. The van der Waals surface area contributed by atoms with E-state index in [0.717, 1.165) is 30.6 Å². The number of para-hydroxylation sites is 1. The van der Waals surface area contributed by atoms with Crippen molar-refractivity contribution in [2.24, 2.45) is 0 Å². The van der Waals surface area contributed by atoms with Crippen LogP contribution in [0.5, 0.6) is 11.5 Å². The summed E-state index contributed by atoms with van der Waals surface area (Å²) in [4.78, 5) is 13.2. The second-order valence-corrected chi connectivity index (χ2v) is 11.6. The molecule has 2 aromatic rings. The molecule has 2 aliphatic heterocycles. The number of nitrogens with one attached hydrogen (secondary N) is 1. The van der Waals surface area contributed by atoms with Crippen LogP contribution in [-0.2, 0) is 21.2 Å². The number of piperidine rings is 1. The first-order chi connectivity index (χ1) is 16.2. The van der Waals surface area contributed by atoms with Gasteiger partial charge in [0.1, 0.15) is 17.1 Å². The Balaban J connectivity index is 1.47. The monoisotopic (exact) mass is 486 g/mol. The molecule has 0 spiro atoms. The third-order valence-electron chi connectivity index (χ3n) is 6.54. The summed E-state index contributed by atoms with van der Waals surface area (Å²) in [6.07, 6.45) is 4.10. The van der Waals surface area contributed by atoms with Crippen molar-refractivity contribution < 1.29 is 22.7 Å². The number of hydrogen-bond donors (Lipinski definition) is 1. The normalized spacial score (nSPS) is 20.1. The molecule has 4 rings (SSSR count). The van der Waals surface area contributed by atoms with E-state index in [1.165, 1.54) is 0 Å². The number of sulfonamides is 1. The van der Waals surface area contributed by atoms with Crippen molar-refractivity contribution in [3.8, 4) is 11.5 Å². The van der Waals surface area contributed by atoms with Crippen molar-refractivity contribution in [3.05, 3.63) is 53.6 Å². The smallest absolute Gasteiger partial charge is 0.243 e. The van der Waals surface area contributed by atoms with Gasteiger partial charge in [0, 0.05) is 31.5 Å². The maximum absolute atomic E-state index is 13.1. The van der Waals surface area contributed by atoms with Crippen molar-refractivity contribution in [1.29, 1.82) is 0 Å². The van der Waals surface area contributed by atoms with Crippen LogP contribution < -0.4 is 14.8 Å². The zero-order valence-electron chi connectivity index (χ0n) is 20.2. The highest BCUT2D eigenvalue weighted by atomic mass is 32.2. The molecule has 0 unspecified atom stereocenters. The number of methoxy groups -OCH3 is 1. The molecule has 1 N–H and O–H groups in total. The third-order valence-corrected chi connectivity index (χ3v) is 8.43. The van der Waals surface area contributed by atoms with Gasteiger partial charge in [-0.3, -0.25) is 4.79 Å². The average molecular weight is 487 g/mol. The number of benzene rings is 2. The second-order valence-electron chi connectivity index (χ2n) is 9.66. The van der Waals surface area contributed by atoms with Gasteiger partial charge in [-0.15, -0.1) is 0 Å². The van der Waals surface area contributed by atoms with Crippen LogP contribution in [0.25, 0.3) is 0 Å². The summed E-state index contributed by atoms with van der Waals surface area (Å²) in [5.74, 6) is 1.29. The number of amides is 1. The van der Waals surface area contributed by atoms with E-state index in [4.69, 9.17) is 9.47 Å². The third kappa shape index (κ3) is 5.39. The van der Waals surface area contributed by atoms with Gasteiger partial charge in [0.25, 0.3) is 0 Å². The zero-order chi connectivity index (χ0) is 24.3. The maximum Gasteiger partial charge on any atom is 0.243 e. The fourth-order valence-corrected chi connectivity index (χ4v) is 6.38. The molecule has 184 valence electrons. The fraction of sp³-hybridized carbons (Fsp3) is 0.500. The summed E-state index contributed by atoms with van der Waals surface area (Å²) in [5, 5.41) is 3.15. The van der Waals surface area contributed by atoms with E-state index in [2.05, 4.69) is 5.32 Å². The minimum atomic E-state index is -3.55. The first-order valence-electron chi connectivity index (χ1n) is 11.9. The number of nitrogens with zero attached hydrogens (tertiary/aromatic N) is 1. The molecule has 0 saturated carbocycles. The summed E-state index contributed by atoms with van der Waals surface area (Å²) in [5.41, 5.74) is 1.30. The Morgan fingerprint density at radius 1 is 1.15 bits per heavy atom. The number of rotatable bonds is 7. The molecular formula is C26H34N2O5S. The molecule has 0 aliphatic carbocycles. The minimum Gasteiger partial charge on any atom is -0.496 e. The predicted molar refractivity (Wildman–Crippen MR) is 131 cm³/mol. The summed E-state index contributed by atoms with van der Waals surface area (Å²) in [6, 6.07) is 12.6. The van der Waals surface area contributed by atoms with E-state index in [0.29, 0.717) is 37.2 Å². The Hall–Kier alpha value is -2.58. The van der Waals surface area contributed by atoms with Crippen molar-refractivity contribution in [3.63, 3.8) is 0 Å². The predicted octanol–water partition coefficient (Wildman–Crippen LogP) is 4.22. The highest BCUT2D eigenvalue weighted by Crippen LogP contribution is 2.39. The summed E-state index contributed by atoms with van der Waals surface area (Å²) < 4.78 is 39.3. The van der Waals surface area contributed by atoms with E-state index in [1.807, 2.05) is 38.1 Å². The van der Waals surface area contributed by atoms with Gasteiger partial charge < -0.3 is 14.8 Å². The van der Waals surface area contributed by atoms with Crippen LogP contribution in [0.4, 0.5) is 0 Å². The maximum atomic E-state index is 13.1. The lowest BCUT2D eigenvalue weighted by Crippen LogP contribution is -2.41. The van der Waals surface area contributed by atoms with Crippen LogP contribution in [-0.4, -0.2) is 44.4 Å². The average Bonchev–Trinajstić information content (AvgIpc) is 2.82. The molecule has 2 aliphatic rings. The molecule has 2 heterocycles. The first kappa shape index (κ1) is 24.5. The van der Waals surface area contributed by atoms with Gasteiger partial charge >= 0.3 is 0 Å². The van der Waals surface area contributed by atoms with Gasteiger partial charge in [-0.1, -0.05) is 24.6 Å². The Kier molecular flexibility index (Phi) is 7.19. The van der Waals surface area contributed by atoms with Crippen molar-refractivity contribution >= 4 is 15.9 Å². The van der Waals surface area contributed by atoms with E-state index in [1.54, 1.807) is 29.6 Å². The quantitative estimate of drug-likeness (QED) is 0.633. The largest absolute Gasteiger partial charge is 0.496 e. The van der Waals surface area contributed by atoms with E-state index < -0.39 is 10.0 Å². The van der Waals surface area contributed by atoms with Gasteiger partial charge in [-0.2, -0.15) is 4.31 Å². The molecule has 0 bridgehead atoms. The summed E-state index contributed by atoms with van der Waals surface area (Å²) >= 11 is 0. The molecule has 0 radical (unpaired) electrons. The van der Waals surface area contributed by atoms with E-state index in [9.17, 15) is 13.2 Å². The van der Waals surface area contributed by atoms with Gasteiger partial charge in [-0.05, 0) is 62.9 Å². The second kappa shape index (κ2) is 9.96. The topological polar surface area (TPSA) is 84.9 Å². The minimum absolute atomic E-state index is 0.0937. The molecule has 2 aromatic carbocycles. The van der Waals surface area contributed by atoms with Crippen LogP contribution in [0.3, 0.4) is 0 Å². The summed E-state index contributed by atoms with van der Waals surface area (Å²) in [7, 11) is -2.00. The van der Waals surface area contributed by atoms with Crippen molar-refractivity contribution in [2.45, 2.75) is 68.9 Å². The van der Waals surface area contributed by atoms with Gasteiger partial charge in [0.05, 0.1) is 18.0 Å². The number of carbonyl (C=O) groups excluding carboxylic acids is 1. The number of fused-ring (bicyclic) bond motifs is 1. The fourth-order valence-electron chi connectivity index (χ4n) is 4.81. The Labute approximate surface area is 202 Å². The Morgan fingerprint density at radius 2 is 1.88 bits per heavy atom. The zero-order valence-corrected chi connectivity index (χ0v) is 21.0. The summed E-state index contributed by atoms with van der Waals surface area (Å²) in [6.45, 7) is 5.13. The van der Waals surface area contributed by atoms with E-state index in [-0.39, 0.29) is 28.9 Å². The van der Waals surface area contributed by atoms with Crippen molar-refractivity contribution in [2.75, 3.05) is 20.2 Å². The highest BCUT2D eigenvalue weighted by molar-refractivity contribution is 7.89. The highest BCUT2D eigenvalue weighted by Gasteiger charge is 2.34. The molecular weight excluding hydrogens is 452 g/mol. The standard InChI is InChI=1S/C26H34N2O5S/c1-26(2)18-22(21-9-5-6-10-24(21)33-26)27-25(29)14-11-19-17-20(12-13-23(19)32-3)34(30,31)28-15-7-4-8-16-28/h5-6,9-10,12-13,17,22H,4,7-8,11,14-16,18H2,1-3H3,(H,27,29)/t22-/m1/s1. The molecule has 0 aromatic heterocycles. The van der Waals surface area contributed by atoms with E-state index >= 15 is 0 Å². The lowest BCUT2D eigenvalue weighted by Gasteiger charge is -2.37. The molecule has 1 amide bonds.